The average Bonchev–Trinajstić information content (AvgIpc) is 2.36. The Kier molecular flexibility index (Phi) is 7.28. The minimum Gasteiger partial charge on any atom is -0.341 e. The SMILES string of the molecule is CCCN(CC1CCCCN1)C(=O)CCN(C)C. The number of carbonyl (C=O) groups is 1. The molecule has 1 atom stereocenters. The van der Waals surface area contributed by atoms with E-state index in [2.05, 4.69) is 17.1 Å². The molecule has 0 aromatic heterocycles. The molecule has 1 fully saturated rings. The molecule has 1 amide bonds. The normalized spacial score (nSPS) is 20.1. The first kappa shape index (κ1) is 15.4. The second-order valence-corrected chi connectivity index (χ2v) is 5.54. The lowest BCUT2D eigenvalue weighted by Crippen LogP contribution is -2.46. The largest absolute Gasteiger partial charge is 0.341 e. The van der Waals surface area contributed by atoms with Crippen molar-refractivity contribution >= 4 is 5.91 Å². The molecule has 0 bridgehead atoms. The first-order valence-corrected chi connectivity index (χ1v) is 7.29. The molecule has 0 spiro atoms. The number of nitrogens with zero attached hydrogens (tertiary/aromatic N) is 2. The van der Waals surface area contributed by atoms with Crippen LogP contribution in [-0.4, -0.2) is 62.0 Å². The Balaban J connectivity index is 2.39. The van der Waals surface area contributed by atoms with E-state index in [4.69, 9.17) is 0 Å². The van der Waals surface area contributed by atoms with E-state index >= 15 is 0 Å². The summed E-state index contributed by atoms with van der Waals surface area (Å²) in [4.78, 5) is 16.3. The fourth-order valence-electron chi connectivity index (χ4n) is 2.41. The summed E-state index contributed by atoms with van der Waals surface area (Å²) in [5.41, 5.74) is 0. The molecular formula is C14H29N3O. The number of hydrogen-bond donors (Lipinski definition) is 1. The van der Waals surface area contributed by atoms with Crippen LogP contribution in [-0.2, 0) is 4.79 Å². The van der Waals surface area contributed by atoms with E-state index in [-0.39, 0.29) is 0 Å². The van der Waals surface area contributed by atoms with E-state index in [1.165, 1.54) is 19.3 Å². The van der Waals surface area contributed by atoms with Crippen molar-refractivity contribution in [3.8, 4) is 0 Å². The lowest BCUT2D eigenvalue weighted by molar-refractivity contribution is -0.132. The van der Waals surface area contributed by atoms with Crippen LogP contribution in [0.1, 0.15) is 39.0 Å². The highest BCUT2D eigenvalue weighted by atomic mass is 16.2. The zero-order valence-corrected chi connectivity index (χ0v) is 12.2. The van der Waals surface area contributed by atoms with Crippen molar-refractivity contribution < 1.29 is 4.79 Å². The van der Waals surface area contributed by atoms with E-state index in [0.29, 0.717) is 18.4 Å². The summed E-state index contributed by atoms with van der Waals surface area (Å²) in [6.07, 6.45) is 5.46. The number of carbonyl (C=O) groups excluding carboxylic acids is 1. The molecule has 4 nitrogen and oxygen atoms in total. The maximum Gasteiger partial charge on any atom is 0.223 e. The Morgan fingerprint density at radius 3 is 2.61 bits per heavy atom. The monoisotopic (exact) mass is 255 g/mol. The third-order valence-corrected chi connectivity index (χ3v) is 3.47. The molecule has 0 aromatic carbocycles. The van der Waals surface area contributed by atoms with Gasteiger partial charge in [0.1, 0.15) is 0 Å². The highest BCUT2D eigenvalue weighted by Crippen LogP contribution is 2.09. The van der Waals surface area contributed by atoms with Crippen molar-refractivity contribution in [3.63, 3.8) is 0 Å². The molecule has 1 aliphatic heterocycles. The summed E-state index contributed by atoms with van der Waals surface area (Å²) in [6, 6.07) is 0.508. The lowest BCUT2D eigenvalue weighted by Gasteiger charge is -2.31. The summed E-state index contributed by atoms with van der Waals surface area (Å²) < 4.78 is 0. The number of nitrogens with one attached hydrogen (secondary N) is 1. The molecule has 1 aliphatic rings. The molecule has 0 radical (unpaired) electrons. The summed E-state index contributed by atoms with van der Waals surface area (Å²) in [5, 5.41) is 3.52. The second-order valence-electron chi connectivity index (χ2n) is 5.54. The van der Waals surface area contributed by atoms with Gasteiger partial charge in [-0.05, 0) is 39.9 Å². The number of piperidine rings is 1. The van der Waals surface area contributed by atoms with Crippen molar-refractivity contribution in [3.05, 3.63) is 0 Å². The van der Waals surface area contributed by atoms with Crippen LogP contribution in [0.3, 0.4) is 0 Å². The highest BCUT2D eigenvalue weighted by molar-refractivity contribution is 5.76. The molecule has 0 aliphatic carbocycles. The van der Waals surface area contributed by atoms with Gasteiger partial charge in [-0.2, -0.15) is 0 Å². The quantitative estimate of drug-likeness (QED) is 0.745. The van der Waals surface area contributed by atoms with Crippen molar-refractivity contribution in [2.75, 3.05) is 40.3 Å². The van der Waals surface area contributed by atoms with Gasteiger partial charge in [0, 0.05) is 32.1 Å². The lowest BCUT2D eigenvalue weighted by atomic mass is 10.0. The van der Waals surface area contributed by atoms with Gasteiger partial charge >= 0.3 is 0 Å². The maximum absolute atomic E-state index is 12.2. The van der Waals surface area contributed by atoms with Gasteiger partial charge in [0.25, 0.3) is 0 Å². The third kappa shape index (κ3) is 5.83. The van der Waals surface area contributed by atoms with Gasteiger partial charge in [-0.3, -0.25) is 4.79 Å². The van der Waals surface area contributed by atoms with Crippen molar-refractivity contribution in [2.24, 2.45) is 0 Å². The summed E-state index contributed by atoms with van der Waals surface area (Å²) in [6.45, 7) is 5.87. The van der Waals surface area contributed by atoms with Gasteiger partial charge < -0.3 is 15.1 Å². The van der Waals surface area contributed by atoms with Crippen LogP contribution in [0.5, 0.6) is 0 Å². The van der Waals surface area contributed by atoms with Gasteiger partial charge in [-0.25, -0.2) is 0 Å². The molecule has 1 heterocycles. The van der Waals surface area contributed by atoms with Crippen molar-refractivity contribution in [1.82, 2.24) is 15.1 Å². The van der Waals surface area contributed by atoms with Crippen LogP contribution >= 0.6 is 0 Å². The minimum absolute atomic E-state index is 0.304. The van der Waals surface area contributed by atoms with E-state index < -0.39 is 0 Å². The minimum atomic E-state index is 0.304. The molecule has 1 N–H and O–H groups in total. The van der Waals surface area contributed by atoms with E-state index in [1.807, 2.05) is 19.0 Å². The number of rotatable bonds is 7. The molecule has 1 unspecified atom stereocenters. The van der Waals surface area contributed by atoms with Gasteiger partial charge in [-0.15, -0.1) is 0 Å². The Morgan fingerprint density at radius 2 is 2.06 bits per heavy atom. The third-order valence-electron chi connectivity index (χ3n) is 3.47. The first-order chi connectivity index (χ1) is 8.63. The summed E-state index contributed by atoms with van der Waals surface area (Å²) in [7, 11) is 4.03. The molecular weight excluding hydrogens is 226 g/mol. The topological polar surface area (TPSA) is 35.6 Å². The van der Waals surface area contributed by atoms with Crippen LogP contribution in [0.25, 0.3) is 0 Å². The van der Waals surface area contributed by atoms with Crippen molar-refractivity contribution in [1.29, 1.82) is 0 Å². The van der Waals surface area contributed by atoms with Gasteiger partial charge in [0.15, 0.2) is 0 Å². The molecule has 0 saturated carbocycles. The fraction of sp³-hybridized carbons (Fsp3) is 0.929. The van der Waals surface area contributed by atoms with E-state index in [9.17, 15) is 4.79 Å². The van der Waals surface area contributed by atoms with Crippen LogP contribution < -0.4 is 5.32 Å². The van der Waals surface area contributed by atoms with Gasteiger partial charge in [-0.1, -0.05) is 13.3 Å². The highest BCUT2D eigenvalue weighted by Gasteiger charge is 2.19. The smallest absolute Gasteiger partial charge is 0.223 e. The van der Waals surface area contributed by atoms with Crippen LogP contribution in [0, 0.1) is 0 Å². The van der Waals surface area contributed by atoms with Gasteiger partial charge in [0.2, 0.25) is 5.91 Å². The maximum atomic E-state index is 12.2. The second kappa shape index (κ2) is 8.48. The molecule has 0 aromatic rings. The Morgan fingerprint density at radius 1 is 1.28 bits per heavy atom. The molecule has 1 rings (SSSR count). The van der Waals surface area contributed by atoms with E-state index in [1.54, 1.807) is 0 Å². The first-order valence-electron chi connectivity index (χ1n) is 7.29. The number of amides is 1. The van der Waals surface area contributed by atoms with Gasteiger partial charge in [0.05, 0.1) is 0 Å². The molecule has 1 saturated heterocycles. The fourth-order valence-corrected chi connectivity index (χ4v) is 2.41. The van der Waals surface area contributed by atoms with Crippen LogP contribution in [0.4, 0.5) is 0 Å². The van der Waals surface area contributed by atoms with E-state index in [0.717, 1.165) is 32.6 Å². The predicted octanol–water partition coefficient (Wildman–Crippen LogP) is 1.32. The predicted molar refractivity (Wildman–Crippen MR) is 75.7 cm³/mol. The summed E-state index contributed by atoms with van der Waals surface area (Å²) >= 11 is 0. The average molecular weight is 255 g/mol. The standard InChI is InChI=1S/C14H29N3O/c1-4-10-17(14(18)8-11-16(2)3)12-13-7-5-6-9-15-13/h13,15H,4-12H2,1-3H3. The Bertz CT molecular complexity index is 237. The Labute approximate surface area is 112 Å². The zero-order chi connectivity index (χ0) is 13.4. The number of hydrogen-bond acceptors (Lipinski definition) is 3. The molecule has 106 valence electrons. The van der Waals surface area contributed by atoms with Crippen molar-refractivity contribution in [2.45, 2.75) is 45.1 Å². The molecule has 4 heteroatoms. The molecule has 18 heavy (non-hydrogen) atoms. The zero-order valence-electron chi connectivity index (χ0n) is 12.2. The van der Waals surface area contributed by atoms with Crippen LogP contribution in [0.15, 0.2) is 0 Å². The van der Waals surface area contributed by atoms with Crippen LogP contribution in [0.2, 0.25) is 0 Å². The Hall–Kier alpha value is -0.610. The summed E-state index contributed by atoms with van der Waals surface area (Å²) in [5.74, 6) is 0.304.